The van der Waals surface area contributed by atoms with Crippen LogP contribution in [-0.2, 0) is 16.0 Å². The maximum absolute atomic E-state index is 12.5. The van der Waals surface area contributed by atoms with Gasteiger partial charge in [0.1, 0.15) is 0 Å². The molecule has 1 atom stereocenters. The predicted molar refractivity (Wildman–Crippen MR) is 102 cm³/mol. The van der Waals surface area contributed by atoms with Gasteiger partial charge in [-0.15, -0.1) is 0 Å². The highest BCUT2D eigenvalue weighted by molar-refractivity contribution is 6.30. The molecule has 1 unspecified atom stereocenters. The topological polar surface area (TPSA) is 71.2 Å². The molecule has 134 valence electrons. The largest absolute Gasteiger partial charge is 0.382 e. The van der Waals surface area contributed by atoms with Crippen LogP contribution in [0.1, 0.15) is 17.2 Å². The van der Waals surface area contributed by atoms with E-state index in [1.54, 1.807) is 25.3 Å². The first-order valence-electron chi connectivity index (χ1n) is 8.21. The van der Waals surface area contributed by atoms with E-state index in [-0.39, 0.29) is 23.9 Å². The lowest BCUT2D eigenvalue weighted by atomic mass is 10.1. The van der Waals surface area contributed by atoms with Gasteiger partial charge >= 0.3 is 0 Å². The first-order chi connectivity index (χ1) is 12.6. The Hall–Kier alpha value is -2.63. The number of carbonyl (C=O) groups is 1. The molecule has 3 aromatic rings. The fraction of sp³-hybridized carbons (Fsp3) is 0.200. The smallest absolute Gasteiger partial charge is 0.252 e. The molecule has 1 aromatic heterocycles. The van der Waals surface area contributed by atoms with Gasteiger partial charge in [0.25, 0.3) is 5.56 Å². The number of carbonyl (C=O) groups excluding carboxylic acids is 1. The van der Waals surface area contributed by atoms with Gasteiger partial charge in [0, 0.05) is 23.2 Å². The summed E-state index contributed by atoms with van der Waals surface area (Å²) in [5.74, 6) is -0.247. The Bertz CT molecular complexity index is 967. The predicted octanol–water partition coefficient (Wildman–Crippen LogP) is 3.23. The summed E-state index contributed by atoms with van der Waals surface area (Å²) in [6.45, 7) is 0.321. The van der Waals surface area contributed by atoms with E-state index in [4.69, 9.17) is 16.3 Å². The van der Waals surface area contributed by atoms with Crippen LogP contribution in [-0.4, -0.2) is 24.6 Å². The highest BCUT2D eigenvalue weighted by Gasteiger charge is 2.16. The van der Waals surface area contributed by atoms with E-state index >= 15 is 0 Å². The van der Waals surface area contributed by atoms with E-state index in [9.17, 15) is 9.59 Å². The van der Waals surface area contributed by atoms with Crippen molar-refractivity contribution < 1.29 is 9.53 Å². The maximum atomic E-state index is 12.5. The van der Waals surface area contributed by atoms with Crippen molar-refractivity contribution in [2.24, 2.45) is 0 Å². The molecule has 2 aromatic carbocycles. The van der Waals surface area contributed by atoms with Crippen molar-refractivity contribution in [3.63, 3.8) is 0 Å². The monoisotopic (exact) mass is 370 g/mol. The van der Waals surface area contributed by atoms with Crippen molar-refractivity contribution in [2.45, 2.75) is 12.5 Å². The zero-order chi connectivity index (χ0) is 18.5. The molecule has 0 fully saturated rings. The summed E-state index contributed by atoms with van der Waals surface area (Å²) in [6.07, 6.45) is -0.00598. The Morgan fingerprint density at radius 1 is 1.19 bits per heavy atom. The summed E-state index contributed by atoms with van der Waals surface area (Å²) in [5.41, 5.74) is 1.80. The number of fused-ring (bicyclic) bond motifs is 1. The molecule has 6 heteroatoms. The third-order valence-corrected chi connectivity index (χ3v) is 4.37. The number of nitrogens with one attached hydrogen (secondary N) is 2. The Morgan fingerprint density at radius 3 is 2.65 bits per heavy atom. The van der Waals surface area contributed by atoms with Crippen LogP contribution in [0.2, 0.25) is 5.02 Å². The number of benzene rings is 2. The number of hydrogen-bond donors (Lipinski definition) is 2. The Labute approximate surface area is 156 Å². The molecule has 0 aliphatic rings. The number of methoxy groups -OCH3 is 1. The lowest BCUT2D eigenvalue weighted by Gasteiger charge is -2.18. The Kier molecular flexibility index (Phi) is 5.71. The van der Waals surface area contributed by atoms with Gasteiger partial charge in [-0.1, -0.05) is 41.9 Å². The van der Waals surface area contributed by atoms with Crippen LogP contribution < -0.4 is 10.9 Å². The van der Waals surface area contributed by atoms with E-state index in [0.29, 0.717) is 17.2 Å². The highest BCUT2D eigenvalue weighted by atomic mass is 35.5. The fourth-order valence-electron chi connectivity index (χ4n) is 2.83. The molecule has 0 radical (unpaired) electrons. The second kappa shape index (κ2) is 8.17. The molecule has 5 nitrogen and oxygen atoms in total. The number of rotatable bonds is 6. The minimum absolute atomic E-state index is 0.00598. The van der Waals surface area contributed by atoms with Gasteiger partial charge in [0.2, 0.25) is 5.91 Å². The molecule has 26 heavy (non-hydrogen) atoms. The quantitative estimate of drug-likeness (QED) is 0.699. The number of halogens is 1. The number of aromatic nitrogens is 1. The van der Waals surface area contributed by atoms with Crippen LogP contribution in [0.15, 0.2) is 59.4 Å². The number of hydrogen-bond acceptors (Lipinski definition) is 3. The van der Waals surface area contributed by atoms with Crippen molar-refractivity contribution in [1.82, 2.24) is 10.3 Å². The minimum Gasteiger partial charge on any atom is -0.382 e. The van der Waals surface area contributed by atoms with Crippen LogP contribution in [0.25, 0.3) is 10.9 Å². The molecule has 0 bridgehead atoms. The van der Waals surface area contributed by atoms with Gasteiger partial charge in [-0.05, 0) is 35.2 Å². The summed E-state index contributed by atoms with van der Waals surface area (Å²) in [4.78, 5) is 27.5. The SMILES string of the molecule is COCC(NC(=O)Cc1cc2ccccc2[nH]c1=O)c1ccc(Cl)cc1. The number of ether oxygens (including phenoxy) is 1. The van der Waals surface area contributed by atoms with Crippen LogP contribution >= 0.6 is 11.6 Å². The first-order valence-corrected chi connectivity index (χ1v) is 8.59. The van der Waals surface area contributed by atoms with Gasteiger partial charge in [-0.2, -0.15) is 0 Å². The highest BCUT2D eigenvalue weighted by Crippen LogP contribution is 2.17. The third kappa shape index (κ3) is 4.31. The summed E-state index contributed by atoms with van der Waals surface area (Å²) in [5, 5.41) is 4.43. The van der Waals surface area contributed by atoms with Crippen molar-refractivity contribution in [1.29, 1.82) is 0 Å². The normalized spacial score (nSPS) is 12.1. The second-order valence-electron chi connectivity index (χ2n) is 6.01. The van der Waals surface area contributed by atoms with Crippen LogP contribution in [0.4, 0.5) is 0 Å². The molecule has 0 saturated heterocycles. The molecule has 0 aliphatic carbocycles. The van der Waals surface area contributed by atoms with E-state index in [1.807, 2.05) is 36.4 Å². The van der Waals surface area contributed by atoms with Gasteiger partial charge < -0.3 is 15.0 Å². The molecular formula is C20H19ClN2O3. The Morgan fingerprint density at radius 2 is 1.92 bits per heavy atom. The number of pyridine rings is 1. The molecule has 0 spiro atoms. The summed E-state index contributed by atoms with van der Waals surface area (Å²) in [7, 11) is 1.57. The maximum Gasteiger partial charge on any atom is 0.252 e. The number of para-hydroxylation sites is 1. The lowest BCUT2D eigenvalue weighted by Crippen LogP contribution is -2.33. The van der Waals surface area contributed by atoms with E-state index < -0.39 is 0 Å². The van der Waals surface area contributed by atoms with Gasteiger partial charge in [-0.3, -0.25) is 9.59 Å². The molecule has 3 rings (SSSR count). The van der Waals surface area contributed by atoms with Gasteiger partial charge in [-0.25, -0.2) is 0 Å². The second-order valence-corrected chi connectivity index (χ2v) is 6.45. The first kappa shape index (κ1) is 18.2. The number of H-pyrrole nitrogens is 1. The van der Waals surface area contributed by atoms with Crippen LogP contribution in [0.3, 0.4) is 0 Å². The fourth-order valence-corrected chi connectivity index (χ4v) is 2.95. The molecule has 0 saturated carbocycles. The van der Waals surface area contributed by atoms with Crippen molar-refractivity contribution in [3.05, 3.63) is 81.1 Å². The average Bonchev–Trinajstić information content (AvgIpc) is 2.62. The number of aromatic amines is 1. The zero-order valence-corrected chi connectivity index (χ0v) is 15.0. The van der Waals surface area contributed by atoms with Crippen LogP contribution in [0.5, 0.6) is 0 Å². The zero-order valence-electron chi connectivity index (χ0n) is 14.3. The lowest BCUT2D eigenvalue weighted by molar-refractivity contribution is -0.121. The molecule has 2 N–H and O–H groups in total. The van der Waals surface area contributed by atoms with Crippen molar-refractivity contribution in [3.8, 4) is 0 Å². The molecule has 1 amide bonds. The molecular weight excluding hydrogens is 352 g/mol. The third-order valence-electron chi connectivity index (χ3n) is 4.12. The van der Waals surface area contributed by atoms with Crippen LogP contribution in [0, 0.1) is 0 Å². The summed E-state index contributed by atoms with van der Waals surface area (Å²) in [6, 6.07) is 16.1. The standard InChI is InChI=1S/C20H19ClN2O3/c1-26-12-18(13-6-8-16(21)9-7-13)22-19(24)11-15-10-14-4-2-3-5-17(14)23-20(15)25/h2-10,18H,11-12H2,1H3,(H,22,24)(H,23,25). The van der Waals surface area contributed by atoms with Crippen molar-refractivity contribution in [2.75, 3.05) is 13.7 Å². The van der Waals surface area contributed by atoms with E-state index in [2.05, 4.69) is 10.3 Å². The Balaban J connectivity index is 1.77. The van der Waals surface area contributed by atoms with Crippen molar-refractivity contribution >= 4 is 28.4 Å². The van der Waals surface area contributed by atoms with Gasteiger partial charge in [0.05, 0.1) is 19.1 Å². The molecule has 0 aliphatic heterocycles. The van der Waals surface area contributed by atoms with Gasteiger partial charge in [0.15, 0.2) is 0 Å². The van der Waals surface area contributed by atoms with E-state index in [1.165, 1.54) is 0 Å². The summed E-state index contributed by atoms with van der Waals surface area (Å²) < 4.78 is 5.21. The minimum atomic E-state index is -0.315. The average molecular weight is 371 g/mol. The summed E-state index contributed by atoms with van der Waals surface area (Å²) >= 11 is 5.91. The molecule has 1 heterocycles. The van der Waals surface area contributed by atoms with E-state index in [0.717, 1.165) is 16.5 Å². The number of amides is 1.